The van der Waals surface area contributed by atoms with Crippen LogP contribution < -0.4 is 4.74 Å². The van der Waals surface area contributed by atoms with Gasteiger partial charge < -0.3 is 9.30 Å². The number of thioether (sulfide) groups is 1. The van der Waals surface area contributed by atoms with Gasteiger partial charge in [0.05, 0.1) is 0 Å². The van der Waals surface area contributed by atoms with Crippen molar-refractivity contribution in [1.82, 2.24) is 14.8 Å². The summed E-state index contributed by atoms with van der Waals surface area (Å²) in [6, 6.07) is 12.5. The van der Waals surface area contributed by atoms with Gasteiger partial charge in [-0.3, -0.25) is 0 Å². The highest BCUT2D eigenvalue weighted by Crippen LogP contribution is 2.27. The van der Waals surface area contributed by atoms with E-state index in [1.807, 2.05) is 26.0 Å². The van der Waals surface area contributed by atoms with Gasteiger partial charge in [0.15, 0.2) is 11.0 Å². The lowest BCUT2D eigenvalue weighted by atomic mass is 10.1. The maximum absolute atomic E-state index is 6.23. The van der Waals surface area contributed by atoms with E-state index in [9.17, 15) is 0 Å². The predicted molar refractivity (Wildman–Crippen MR) is 112 cm³/mol. The topological polar surface area (TPSA) is 39.9 Å². The molecule has 0 aliphatic heterocycles. The first-order valence-corrected chi connectivity index (χ1v) is 10.3. The van der Waals surface area contributed by atoms with Crippen LogP contribution in [0.25, 0.3) is 0 Å². The summed E-state index contributed by atoms with van der Waals surface area (Å²) in [6.07, 6.45) is 0. The van der Waals surface area contributed by atoms with Crippen molar-refractivity contribution in [2.24, 2.45) is 0 Å². The van der Waals surface area contributed by atoms with E-state index in [0.717, 1.165) is 45.2 Å². The van der Waals surface area contributed by atoms with E-state index in [1.165, 1.54) is 11.1 Å². The standard InChI is InChI=1S/C21H24ClN3OS/c1-5-25-19(12-26-18-10-15(3)20(22)16(4)11-18)23-24-21(25)27-13-17-8-6-14(2)7-9-17/h6-11H,5,12-13H2,1-4H3. The number of halogens is 1. The normalized spacial score (nSPS) is 11.0. The third kappa shape index (κ3) is 4.85. The van der Waals surface area contributed by atoms with Crippen molar-refractivity contribution in [2.45, 2.75) is 51.8 Å². The fourth-order valence-corrected chi connectivity index (χ4v) is 3.91. The second kappa shape index (κ2) is 8.81. The van der Waals surface area contributed by atoms with E-state index >= 15 is 0 Å². The smallest absolute Gasteiger partial charge is 0.191 e. The van der Waals surface area contributed by atoms with Crippen molar-refractivity contribution in [3.05, 3.63) is 69.5 Å². The maximum atomic E-state index is 6.23. The van der Waals surface area contributed by atoms with Crippen molar-refractivity contribution in [1.29, 1.82) is 0 Å². The number of hydrogen-bond acceptors (Lipinski definition) is 4. The zero-order valence-corrected chi connectivity index (χ0v) is 17.7. The Labute approximate surface area is 169 Å². The first-order valence-electron chi connectivity index (χ1n) is 8.98. The van der Waals surface area contributed by atoms with E-state index in [4.69, 9.17) is 16.3 Å². The summed E-state index contributed by atoms with van der Waals surface area (Å²) in [5.74, 6) is 2.50. The molecule has 0 unspecified atom stereocenters. The van der Waals surface area contributed by atoms with Crippen molar-refractivity contribution < 1.29 is 4.74 Å². The summed E-state index contributed by atoms with van der Waals surface area (Å²) < 4.78 is 8.05. The Morgan fingerprint density at radius 1 is 1.04 bits per heavy atom. The molecule has 2 aromatic carbocycles. The van der Waals surface area contributed by atoms with Crippen LogP contribution in [0, 0.1) is 20.8 Å². The molecule has 0 amide bonds. The molecule has 3 rings (SSSR count). The molecule has 0 spiro atoms. The largest absolute Gasteiger partial charge is 0.486 e. The number of rotatable bonds is 7. The van der Waals surface area contributed by atoms with Crippen LogP contribution in [0.5, 0.6) is 5.75 Å². The lowest BCUT2D eigenvalue weighted by Gasteiger charge is -2.11. The highest BCUT2D eigenvalue weighted by atomic mass is 35.5. The highest BCUT2D eigenvalue weighted by Gasteiger charge is 2.13. The van der Waals surface area contributed by atoms with Crippen LogP contribution in [0.3, 0.4) is 0 Å². The molecule has 4 nitrogen and oxygen atoms in total. The molecular formula is C21H24ClN3OS. The van der Waals surface area contributed by atoms with Gasteiger partial charge in [-0.15, -0.1) is 10.2 Å². The summed E-state index contributed by atoms with van der Waals surface area (Å²) >= 11 is 7.92. The van der Waals surface area contributed by atoms with Gasteiger partial charge in [-0.1, -0.05) is 53.2 Å². The van der Waals surface area contributed by atoms with Gasteiger partial charge >= 0.3 is 0 Å². The number of aromatic nitrogens is 3. The van der Waals surface area contributed by atoms with Crippen LogP contribution in [0.15, 0.2) is 41.6 Å². The fraction of sp³-hybridized carbons (Fsp3) is 0.333. The van der Waals surface area contributed by atoms with Crippen LogP contribution in [0.1, 0.15) is 35.0 Å². The Morgan fingerprint density at radius 2 is 1.70 bits per heavy atom. The van der Waals surface area contributed by atoms with Gasteiger partial charge in [0, 0.05) is 17.3 Å². The lowest BCUT2D eigenvalue weighted by molar-refractivity contribution is 0.288. The van der Waals surface area contributed by atoms with E-state index in [0.29, 0.717) is 6.61 Å². The minimum atomic E-state index is 0.381. The molecule has 0 bridgehead atoms. The molecule has 0 N–H and O–H groups in total. The molecule has 1 heterocycles. The van der Waals surface area contributed by atoms with Gasteiger partial charge in [0.25, 0.3) is 0 Å². The molecule has 3 aromatic rings. The Balaban J connectivity index is 1.67. The zero-order chi connectivity index (χ0) is 19.4. The molecule has 0 saturated carbocycles. The molecule has 0 aliphatic carbocycles. The average Bonchev–Trinajstić information content (AvgIpc) is 3.05. The monoisotopic (exact) mass is 401 g/mol. The van der Waals surface area contributed by atoms with E-state index < -0.39 is 0 Å². The van der Waals surface area contributed by atoms with Crippen molar-refractivity contribution in [2.75, 3.05) is 0 Å². The number of nitrogens with zero attached hydrogens (tertiary/aromatic N) is 3. The number of benzene rings is 2. The fourth-order valence-electron chi connectivity index (χ4n) is 2.82. The van der Waals surface area contributed by atoms with Crippen molar-refractivity contribution in [3.63, 3.8) is 0 Å². The van der Waals surface area contributed by atoms with E-state index in [1.54, 1.807) is 11.8 Å². The summed E-state index contributed by atoms with van der Waals surface area (Å²) in [7, 11) is 0. The SMILES string of the molecule is CCn1c(COc2cc(C)c(Cl)c(C)c2)nnc1SCc1ccc(C)cc1. The van der Waals surface area contributed by atoms with Crippen molar-refractivity contribution >= 4 is 23.4 Å². The van der Waals surface area contributed by atoms with Gasteiger partial charge in [-0.2, -0.15) is 0 Å². The second-order valence-electron chi connectivity index (χ2n) is 6.58. The zero-order valence-electron chi connectivity index (χ0n) is 16.1. The van der Waals surface area contributed by atoms with Crippen LogP contribution in [0.2, 0.25) is 5.02 Å². The second-order valence-corrected chi connectivity index (χ2v) is 7.90. The van der Waals surface area contributed by atoms with Gasteiger partial charge in [-0.25, -0.2) is 0 Å². The Kier molecular flexibility index (Phi) is 6.45. The Bertz CT molecular complexity index is 899. The molecule has 0 atom stereocenters. The number of ether oxygens (including phenoxy) is 1. The number of aryl methyl sites for hydroxylation is 3. The molecule has 27 heavy (non-hydrogen) atoms. The minimum absolute atomic E-state index is 0.381. The van der Waals surface area contributed by atoms with Crippen LogP contribution >= 0.6 is 23.4 Å². The minimum Gasteiger partial charge on any atom is -0.486 e. The first kappa shape index (κ1) is 19.8. The Morgan fingerprint density at radius 3 is 2.33 bits per heavy atom. The van der Waals surface area contributed by atoms with E-state index in [-0.39, 0.29) is 0 Å². The maximum Gasteiger partial charge on any atom is 0.191 e. The third-order valence-electron chi connectivity index (χ3n) is 4.38. The predicted octanol–water partition coefficient (Wildman–Crippen LogP) is 5.75. The van der Waals surface area contributed by atoms with Crippen LogP contribution in [0.4, 0.5) is 0 Å². The Hall–Kier alpha value is -1.98. The quantitative estimate of drug-likeness (QED) is 0.472. The lowest BCUT2D eigenvalue weighted by Crippen LogP contribution is -2.07. The summed E-state index contributed by atoms with van der Waals surface area (Å²) in [6.45, 7) is 9.35. The molecule has 0 radical (unpaired) electrons. The van der Waals surface area contributed by atoms with Gasteiger partial charge in [0.1, 0.15) is 12.4 Å². The summed E-state index contributed by atoms with van der Waals surface area (Å²) in [4.78, 5) is 0. The molecule has 1 aromatic heterocycles. The molecule has 6 heteroatoms. The van der Waals surface area contributed by atoms with Gasteiger partial charge in [0.2, 0.25) is 0 Å². The molecule has 142 valence electrons. The summed E-state index contributed by atoms with van der Waals surface area (Å²) in [5.41, 5.74) is 4.57. The van der Waals surface area contributed by atoms with Gasteiger partial charge in [-0.05, 0) is 56.5 Å². The van der Waals surface area contributed by atoms with E-state index in [2.05, 4.69) is 52.9 Å². The highest BCUT2D eigenvalue weighted by molar-refractivity contribution is 7.98. The van der Waals surface area contributed by atoms with Crippen LogP contribution in [-0.2, 0) is 18.9 Å². The number of hydrogen-bond donors (Lipinski definition) is 0. The molecule has 0 fully saturated rings. The van der Waals surface area contributed by atoms with Crippen molar-refractivity contribution in [3.8, 4) is 5.75 Å². The van der Waals surface area contributed by atoms with Crippen LogP contribution in [-0.4, -0.2) is 14.8 Å². The average molecular weight is 402 g/mol. The molecular weight excluding hydrogens is 378 g/mol. The third-order valence-corrected chi connectivity index (χ3v) is 6.01. The molecule has 0 aliphatic rings. The summed E-state index contributed by atoms with van der Waals surface area (Å²) in [5, 5.41) is 10.4. The first-order chi connectivity index (χ1) is 13.0. The molecule has 0 saturated heterocycles.